The normalized spacial score (nSPS) is 11.9. The smallest absolute Gasteiger partial charge is 0.0771 e. The van der Waals surface area contributed by atoms with Gasteiger partial charge in [-0.2, -0.15) is 0 Å². The van der Waals surface area contributed by atoms with Crippen molar-refractivity contribution in [2.75, 3.05) is 10.2 Å². The Labute approximate surface area is 163 Å². The van der Waals surface area contributed by atoms with Gasteiger partial charge in [-0.05, 0) is 48.5 Å². The van der Waals surface area contributed by atoms with Crippen molar-refractivity contribution in [3.63, 3.8) is 0 Å². The molecule has 0 bridgehead atoms. The molecule has 1 aliphatic heterocycles. The van der Waals surface area contributed by atoms with Crippen LogP contribution in [-0.2, 0) is 0 Å². The Balaban J connectivity index is 1.69. The number of para-hydroxylation sites is 4. The summed E-state index contributed by atoms with van der Waals surface area (Å²) in [5.74, 6) is 0. The maximum atomic E-state index is 3.67. The maximum absolute atomic E-state index is 3.67. The summed E-state index contributed by atoms with van der Waals surface area (Å²) >= 11 is 1.82. The Bertz CT molecular complexity index is 1040. The summed E-state index contributed by atoms with van der Waals surface area (Å²) < 4.78 is 0. The first-order chi connectivity index (χ1) is 13.4. The fourth-order valence-corrected chi connectivity index (χ4v) is 4.43. The summed E-state index contributed by atoms with van der Waals surface area (Å²) in [6.45, 7) is 0. The summed E-state index contributed by atoms with van der Waals surface area (Å²) in [5.41, 5.74) is 5.73. The number of nitrogens with one attached hydrogen (secondary N) is 1. The number of rotatable bonds is 3. The quantitative estimate of drug-likeness (QED) is 0.359. The molecule has 0 aliphatic carbocycles. The van der Waals surface area contributed by atoms with Gasteiger partial charge in [0.15, 0.2) is 0 Å². The van der Waals surface area contributed by atoms with E-state index in [1.165, 1.54) is 9.79 Å². The fraction of sp³-hybridized carbons (Fsp3) is 0. The molecule has 0 fully saturated rings. The second kappa shape index (κ2) is 6.86. The lowest BCUT2D eigenvalue weighted by molar-refractivity contribution is 1.24. The van der Waals surface area contributed by atoms with E-state index in [2.05, 4.69) is 113 Å². The zero-order valence-electron chi connectivity index (χ0n) is 14.7. The molecule has 1 aliphatic rings. The van der Waals surface area contributed by atoms with Crippen molar-refractivity contribution < 1.29 is 0 Å². The average molecular weight is 366 g/mol. The van der Waals surface area contributed by atoms with Gasteiger partial charge in [-0.15, -0.1) is 0 Å². The highest BCUT2D eigenvalue weighted by molar-refractivity contribution is 7.99. The second-order valence-electron chi connectivity index (χ2n) is 6.38. The summed E-state index contributed by atoms with van der Waals surface area (Å²) in [4.78, 5) is 4.80. The van der Waals surface area contributed by atoms with Gasteiger partial charge in [0.05, 0.1) is 17.1 Å². The van der Waals surface area contributed by atoms with Gasteiger partial charge in [-0.3, -0.25) is 0 Å². The van der Waals surface area contributed by atoms with E-state index in [4.69, 9.17) is 0 Å². The van der Waals surface area contributed by atoms with Gasteiger partial charge >= 0.3 is 0 Å². The van der Waals surface area contributed by atoms with Crippen molar-refractivity contribution in [2.24, 2.45) is 0 Å². The molecule has 2 nitrogen and oxygen atoms in total. The molecule has 4 aromatic carbocycles. The van der Waals surface area contributed by atoms with E-state index in [1.807, 2.05) is 11.8 Å². The van der Waals surface area contributed by atoms with Gasteiger partial charge in [0.25, 0.3) is 0 Å². The van der Waals surface area contributed by atoms with E-state index in [1.54, 1.807) is 0 Å². The van der Waals surface area contributed by atoms with Gasteiger partial charge in [-0.1, -0.05) is 66.4 Å². The molecule has 1 heterocycles. The number of benzene rings is 4. The van der Waals surface area contributed by atoms with Crippen LogP contribution >= 0.6 is 11.8 Å². The fourth-order valence-electron chi connectivity index (χ4n) is 3.41. The molecule has 0 spiro atoms. The Kier molecular flexibility index (Phi) is 4.07. The van der Waals surface area contributed by atoms with E-state index >= 15 is 0 Å². The lowest BCUT2D eigenvalue weighted by Crippen LogP contribution is -2.13. The van der Waals surface area contributed by atoms with Gasteiger partial charge in [0.1, 0.15) is 0 Å². The maximum Gasteiger partial charge on any atom is 0.0771 e. The summed E-state index contributed by atoms with van der Waals surface area (Å²) in [5, 5.41) is 3.67. The molecule has 0 saturated carbocycles. The van der Waals surface area contributed by atoms with Crippen LogP contribution in [0.15, 0.2) is 113 Å². The van der Waals surface area contributed by atoms with Crippen LogP contribution in [0, 0.1) is 0 Å². The molecule has 1 N–H and O–H groups in total. The first kappa shape index (κ1) is 16.0. The molecule has 4 aromatic rings. The van der Waals surface area contributed by atoms with Crippen molar-refractivity contribution in [3.05, 3.63) is 103 Å². The summed E-state index contributed by atoms with van der Waals surface area (Å²) in [6.07, 6.45) is 0. The number of hydrogen-bond acceptors (Lipinski definition) is 3. The average Bonchev–Trinajstić information content (AvgIpc) is 2.74. The third-order valence-electron chi connectivity index (χ3n) is 4.64. The Morgan fingerprint density at radius 3 is 1.85 bits per heavy atom. The highest BCUT2D eigenvalue weighted by atomic mass is 32.2. The lowest BCUT2D eigenvalue weighted by Gasteiger charge is -2.31. The molecule has 0 atom stereocenters. The molecule has 0 unspecified atom stereocenters. The van der Waals surface area contributed by atoms with Crippen LogP contribution in [0.1, 0.15) is 0 Å². The van der Waals surface area contributed by atoms with Crippen LogP contribution in [0.4, 0.5) is 28.4 Å². The van der Waals surface area contributed by atoms with Gasteiger partial charge in [-0.25, -0.2) is 0 Å². The van der Waals surface area contributed by atoms with Gasteiger partial charge in [0.2, 0.25) is 0 Å². The third-order valence-corrected chi connectivity index (χ3v) is 5.78. The largest absolute Gasteiger partial charge is 0.352 e. The second-order valence-corrected chi connectivity index (χ2v) is 7.46. The zero-order chi connectivity index (χ0) is 18.1. The lowest BCUT2D eigenvalue weighted by atomic mass is 10.1. The predicted molar refractivity (Wildman–Crippen MR) is 115 cm³/mol. The summed E-state index contributed by atoms with van der Waals surface area (Å²) in [7, 11) is 0. The van der Waals surface area contributed by atoms with Crippen LogP contribution in [0.2, 0.25) is 0 Å². The van der Waals surface area contributed by atoms with Crippen molar-refractivity contribution in [3.8, 4) is 0 Å². The third kappa shape index (κ3) is 2.96. The highest BCUT2D eigenvalue weighted by Crippen LogP contribution is 2.50. The first-order valence-electron chi connectivity index (χ1n) is 8.97. The van der Waals surface area contributed by atoms with Crippen LogP contribution in [0.5, 0.6) is 0 Å². The highest BCUT2D eigenvalue weighted by Gasteiger charge is 2.22. The van der Waals surface area contributed by atoms with Crippen molar-refractivity contribution in [2.45, 2.75) is 9.79 Å². The molecule has 0 radical (unpaired) electrons. The minimum Gasteiger partial charge on any atom is -0.352 e. The molecule has 0 amide bonds. The molecule has 0 aromatic heterocycles. The minimum atomic E-state index is 1.14. The van der Waals surface area contributed by atoms with Crippen LogP contribution < -0.4 is 10.2 Å². The van der Waals surface area contributed by atoms with Crippen molar-refractivity contribution >= 4 is 40.2 Å². The molecule has 130 valence electrons. The van der Waals surface area contributed by atoms with Crippen molar-refractivity contribution in [1.82, 2.24) is 0 Å². The predicted octanol–water partition coefficient (Wildman–Crippen LogP) is 7.36. The van der Waals surface area contributed by atoms with E-state index < -0.39 is 0 Å². The molecular formula is C24H18N2S. The molecule has 5 rings (SSSR count). The monoisotopic (exact) mass is 366 g/mol. The van der Waals surface area contributed by atoms with Gasteiger partial charge in [0, 0.05) is 21.2 Å². The first-order valence-corrected chi connectivity index (χ1v) is 9.79. The number of fused-ring (bicyclic) bond motifs is 2. The van der Waals surface area contributed by atoms with E-state index in [9.17, 15) is 0 Å². The van der Waals surface area contributed by atoms with E-state index in [-0.39, 0.29) is 0 Å². The molecule has 3 heteroatoms. The Hall–Kier alpha value is -3.17. The Morgan fingerprint density at radius 2 is 1.15 bits per heavy atom. The van der Waals surface area contributed by atoms with E-state index in [0.29, 0.717) is 0 Å². The molecular weight excluding hydrogens is 348 g/mol. The molecule has 0 saturated heterocycles. The number of anilines is 5. The SMILES string of the molecule is c1ccc(N(c2ccccc2)c2cccc3c2Nc2ccccc2S3)cc1. The zero-order valence-corrected chi connectivity index (χ0v) is 15.5. The number of hydrogen-bond donors (Lipinski definition) is 1. The Morgan fingerprint density at radius 1 is 0.556 bits per heavy atom. The van der Waals surface area contributed by atoms with Crippen molar-refractivity contribution in [1.29, 1.82) is 0 Å². The molecule has 27 heavy (non-hydrogen) atoms. The number of nitrogens with zero attached hydrogens (tertiary/aromatic N) is 1. The minimum absolute atomic E-state index is 1.14. The standard InChI is InChI=1S/C24H18N2S/c1-3-10-18(11-4-1)26(19-12-5-2-6-13-19)21-15-9-17-23-24(21)25-20-14-7-8-16-22(20)27-23/h1-17,25H. The van der Waals surface area contributed by atoms with Crippen LogP contribution in [-0.4, -0.2) is 0 Å². The van der Waals surface area contributed by atoms with Crippen LogP contribution in [0.25, 0.3) is 0 Å². The van der Waals surface area contributed by atoms with E-state index in [0.717, 1.165) is 28.4 Å². The topological polar surface area (TPSA) is 15.3 Å². The summed E-state index contributed by atoms with van der Waals surface area (Å²) in [6, 6.07) is 36.0. The van der Waals surface area contributed by atoms with Gasteiger partial charge < -0.3 is 10.2 Å². The van der Waals surface area contributed by atoms with Crippen LogP contribution in [0.3, 0.4) is 0 Å².